The van der Waals surface area contributed by atoms with E-state index in [9.17, 15) is 9.90 Å². The summed E-state index contributed by atoms with van der Waals surface area (Å²) in [5.41, 5.74) is 5.04. The average molecular weight is 400 g/mol. The van der Waals surface area contributed by atoms with Gasteiger partial charge in [-0.1, -0.05) is 36.4 Å². The smallest absolute Gasteiger partial charge is 0.289 e. The molecule has 30 heavy (non-hydrogen) atoms. The van der Waals surface area contributed by atoms with Crippen molar-refractivity contribution in [2.45, 2.75) is 6.92 Å². The highest BCUT2D eigenvalue weighted by molar-refractivity contribution is 5.94. The third kappa shape index (κ3) is 4.15. The van der Waals surface area contributed by atoms with E-state index in [4.69, 9.17) is 4.74 Å². The van der Waals surface area contributed by atoms with E-state index in [1.165, 1.54) is 12.3 Å². The number of ether oxygens (including phenoxy) is 1. The van der Waals surface area contributed by atoms with Gasteiger partial charge in [0.1, 0.15) is 5.69 Å². The van der Waals surface area contributed by atoms with E-state index in [0.717, 1.165) is 16.3 Å². The van der Waals surface area contributed by atoms with E-state index in [2.05, 4.69) is 20.7 Å². The van der Waals surface area contributed by atoms with Crippen molar-refractivity contribution in [1.29, 1.82) is 0 Å². The van der Waals surface area contributed by atoms with Crippen LogP contribution in [-0.4, -0.2) is 34.0 Å². The molecule has 7 heteroatoms. The molecule has 0 aliphatic heterocycles. The average Bonchev–Trinajstić information content (AvgIpc) is 3.26. The van der Waals surface area contributed by atoms with Crippen LogP contribution in [0.2, 0.25) is 0 Å². The first kappa shape index (κ1) is 19.2. The normalized spacial score (nSPS) is 11.1. The zero-order valence-electron chi connectivity index (χ0n) is 16.3. The van der Waals surface area contributed by atoms with Crippen molar-refractivity contribution in [3.8, 4) is 22.8 Å². The Labute approximate surface area is 173 Å². The number of aromatic amines is 1. The molecule has 1 aromatic heterocycles. The lowest BCUT2D eigenvalue weighted by molar-refractivity contribution is 0.0950. The Hall–Kier alpha value is -4.13. The van der Waals surface area contributed by atoms with Gasteiger partial charge in [-0.2, -0.15) is 10.2 Å². The Morgan fingerprint density at radius 3 is 2.80 bits per heavy atom. The Morgan fingerprint density at radius 2 is 1.97 bits per heavy atom. The summed E-state index contributed by atoms with van der Waals surface area (Å²) in [5, 5.41) is 22.9. The number of amides is 1. The number of rotatable bonds is 6. The number of fused-ring (bicyclic) bond motifs is 1. The van der Waals surface area contributed by atoms with E-state index < -0.39 is 5.91 Å². The number of aromatic nitrogens is 2. The fourth-order valence-electron chi connectivity index (χ4n) is 3.04. The minimum atomic E-state index is -0.408. The summed E-state index contributed by atoms with van der Waals surface area (Å²) in [5.74, 6) is 0.00712. The minimum absolute atomic E-state index is 0.0525. The summed E-state index contributed by atoms with van der Waals surface area (Å²) in [4.78, 5) is 12.4. The van der Waals surface area contributed by atoms with Crippen molar-refractivity contribution in [3.63, 3.8) is 0 Å². The number of hydrogen-bond acceptors (Lipinski definition) is 5. The highest BCUT2D eigenvalue weighted by Crippen LogP contribution is 2.26. The van der Waals surface area contributed by atoms with Gasteiger partial charge in [0, 0.05) is 5.56 Å². The molecule has 0 spiro atoms. The van der Waals surface area contributed by atoms with E-state index in [-0.39, 0.29) is 5.75 Å². The predicted molar refractivity (Wildman–Crippen MR) is 116 cm³/mol. The Kier molecular flexibility index (Phi) is 5.43. The number of hydrazone groups is 1. The van der Waals surface area contributed by atoms with Crippen LogP contribution < -0.4 is 10.2 Å². The third-order valence-electron chi connectivity index (χ3n) is 4.53. The van der Waals surface area contributed by atoms with E-state index in [1.54, 1.807) is 18.2 Å². The lowest BCUT2D eigenvalue weighted by Crippen LogP contribution is -2.18. The Morgan fingerprint density at radius 1 is 1.13 bits per heavy atom. The second-order valence-electron chi connectivity index (χ2n) is 6.59. The van der Waals surface area contributed by atoms with Crippen LogP contribution in [0.3, 0.4) is 0 Å². The van der Waals surface area contributed by atoms with Crippen LogP contribution in [0.1, 0.15) is 23.0 Å². The summed E-state index contributed by atoms with van der Waals surface area (Å²) in [7, 11) is 0. The molecule has 0 saturated carbocycles. The second kappa shape index (κ2) is 8.48. The molecule has 0 saturated heterocycles. The second-order valence-corrected chi connectivity index (χ2v) is 6.59. The lowest BCUT2D eigenvalue weighted by Gasteiger charge is -2.05. The Bertz CT molecular complexity index is 1230. The van der Waals surface area contributed by atoms with Crippen LogP contribution in [0, 0.1) is 0 Å². The third-order valence-corrected chi connectivity index (χ3v) is 4.53. The SMILES string of the molecule is CCOc1cc(/C=N\NC(=O)c2cc(-c3ccc4ccccc4c3)n[nH]2)ccc1O. The number of nitrogens with one attached hydrogen (secondary N) is 2. The molecule has 0 bridgehead atoms. The molecule has 0 fully saturated rings. The summed E-state index contributed by atoms with van der Waals surface area (Å²) >= 11 is 0. The maximum atomic E-state index is 12.4. The van der Waals surface area contributed by atoms with Gasteiger partial charge in [-0.25, -0.2) is 5.43 Å². The molecule has 4 rings (SSSR count). The zero-order chi connectivity index (χ0) is 20.9. The summed E-state index contributed by atoms with van der Waals surface area (Å²) < 4.78 is 5.33. The first-order chi connectivity index (χ1) is 14.6. The molecular weight excluding hydrogens is 380 g/mol. The predicted octanol–water partition coefficient (Wildman–Crippen LogP) is 4.10. The first-order valence-corrected chi connectivity index (χ1v) is 9.48. The molecule has 1 amide bonds. The summed E-state index contributed by atoms with van der Waals surface area (Å²) in [6.45, 7) is 2.27. The van der Waals surface area contributed by atoms with Crippen LogP contribution in [0.4, 0.5) is 0 Å². The van der Waals surface area contributed by atoms with Gasteiger partial charge < -0.3 is 9.84 Å². The number of nitrogens with zero attached hydrogens (tertiary/aromatic N) is 2. The molecule has 4 aromatic rings. The number of phenols is 1. The highest BCUT2D eigenvalue weighted by atomic mass is 16.5. The van der Waals surface area contributed by atoms with Crippen molar-refractivity contribution >= 4 is 22.9 Å². The number of hydrogen-bond donors (Lipinski definition) is 3. The number of carbonyl (C=O) groups excluding carboxylic acids is 1. The van der Waals surface area contributed by atoms with Crippen LogP contribution in [-0.2, 0) is 0 Å². The number of carbonyl (C=O) groups is 1. The van der Waals surface area contributed by atoms with Gasteiger partial charge in [-0.3, -0.25) is 9.89 Å². The first-order valence-electron chi connectivity index (χ1n) is 9.48. The molecule has 0 radical (unpaired) electrons. The van der Waals surface area contributed by atoms with Crippen molar-refractivity contribution in [1.82, 2.24) is 15.6 Å². The quantitative estimate of drug-likeness (QED) is 0.335. The highest BCUT2D eigenvalue weighted by Gasteiger charge is 2.11. The van der Waals surface area contributed by atoms with Gasteiger partial charge in [0.05, 0.1) is 18.5 Å². The molecule has 0 atom stereocenters. The van der Waals surface area contributed by atoms with Crippen molar-refractivity contribution in [2.75, 3.05) is 6.61 Å². The van der Waals surface area contributed by atoms with Crippen LogP contribution >= 0.6 is 0 Å². The van der Waals surface area contributed by atoms with Crippen molar-refractivity contribution < 1.29 is 14.6 Å². The maximum absolute atomic E-state index is 12.4. The standard InChI is InChI=1S/C23H20N4O3/c1-2-30-22-11-15(7-10-21(22)28)14-24-27-23(29)20-13-19(25-26-20)18-9-8-16-5-3-4-6-17(16)12-18/h3-14,28H,2H2,1H3,(H,25,26)(H,27,29)/b24-14-. The number of phenolic OH excluding ortho intramolecular Hbond substituents is 1. The lowest BCUT2D eigenvalue weighted by atomic mass is 10.1. The van der Waals surface area contributed by atoms with Gasteiger partial charge in [0.15, 0.2) is 11.5 Å². The zero-order valence-corrected chi connectivity index (χ0v) is 16.3. The largest absolute Gasteiger partial charge is 0.504 e. The molecule has 3 N–H and O–H groups in total. The number of H-pyrrole nitrogens is 1. The molecule has 150 valence electrons. The fraction of sp³-hybridized carbons (Fsp3) is 0.0870. The van der Waals surface area contributed by atoms with Gasteiger partial charge in [0.2, 0.25) is 0 Å². The summed E-state index contributed by atoms with van der Waals surface area (Å²) in [6.07, 6.45) is 1.47. The number of aromatic hydroxyl groups is 1. The van der Waals surface area contributed by atoms with Gasteiger partial charge in [-0.15, -0.1) is 0 Å². The van der Waals surface area contributed by atoms with Crippen LogP contribution in [0.5, 0.6) is 11.5 Å². The van der Waals surface area contributed by atoms with E-state index in [1.807, 2.05) is 49.4 Å². The topological polar surface area (TPSA) is 99.6 Å². The Balaban J connectivity index is 1.45. The van der Waals surface area contributed by atoms with Gasteiger partial charge >= 0.3 is 0 Å². The molecule has 0 aliphatic rings. The van der Waals surface area contributed by atoms with E-state index in [0.29, 0.717) is 29.3 Å². The number of benzene rings is 3. The van der Waals surface area contributed by atoms with Crippen LogP contribution in [0.15, 0.2) is 71.8 Å². The maximum Gasteiger partial charge on any atom is 0.289 e. The molecule has 0 unspecified atom stereocenters. The monoisotopic (exact) mass is 400 g/mol. The minimum Gasteiger partial charge on any atom is -0.504 e. The van der Waals surface area contributed by atoms with Gasteiger partial charge in [-0.05, 0) is 53.6 Å². The molecule has 7 nitrogen and oxygen atoms in total. The van der Waals surface area contributed by atoms with Crippen LogP contribution in [0.25, 0.3) is 22.0 Å². The molecule has 0 aliphatic carbocycles. The van der Waals surface area contributed by atoms with Crippen molar-refractivity contribution in [3.05, 3.63) is 78.0 Å². The van der Waals surface area contributed by atoms with Gasteiger partial charge in [0.25, 0.3) is 5.91 Å². The fourth-order valence-corrected chi connectivity index (χ4v) is 3.04. The molecule has 1 heterocycles. The van der Waals surface area contributed by atoms with Crippen molar-refractivity contribution in [2.24, 2.45) is 5.10 Å². The molecular formula is C23H20N4O3. The van der Waals surface area contributed by atoms with E-state index >= 15 is 0 Å². The summed E-state index contributed by atoms with van der Waals surface area (Å²) in [6, 6.07) is 20.6. The molecule has 3 aromatic carbocycles.